The number of likely N-dealkylation sites (tertiary alicyclic amines) is 1. The fraction of sp³-hybridized carbons (Fsp3) is 0.375. The van der Waals surface area contributed by atoms with Gasteiger partial charge >= 0.3 is 0 Å². The van der Waals surface area contributed by atoms with Gasteiger partial charge in [-0.3, -0.25) is 9.59 Å². The summed E-state index contributed by atoms with van der Waals surface area (Å²) >= 11 is 0. The van der Waals surface area contributed by atoms with E-state index in [1.165, 1.54) is 0 Å². The fourth-order valence-corrected chi connectivity index (χ4v) is 3.00. The third-order valence-corrected chi connectivity index (χ3v) is 4.14. The summed E-state index contributed by atoms with van der Waals surface area (Å²) in [6.07, 6.45) is 2.08. The van der Waals surface area contributed by atoms with E-state index in [0.717, 1.165) is 30.3 Å². The average molecular weight is 285 g/mol. The maximum Gasteiger partial charge on any atom is 0.252 e. The van der Waals surface area contributed by atoms with E-state index in [4.69, 9.17) is 5.73 Å². The van der Waals surface area contributed by atoms with Gasteiger partial charge in [0, 0.05) is 30.2 Å². The number of nitrogens with one attached hydrogen (secondary N) is 1. The maximum atomic E-state index is 12.4. The molecule has 1 atom stereocenters. The van der Waals surface area contributed by atoms with Crippen molar-refractivity contribution in [2.24, 2.45) is 5.73 Å². The second-order valence-corrected chi connectivity index (χ2v) is 5.51. The van der Waals surface area contributed by atoms with Crippen LogP contribution in [0, 0.1) is 0 Å². The van der Waals surface area contributed by atoms with Crippen LogP contribution in [0.15, 0.2) is 35.1 Å². The Hall–Kier alpha value is -2.14. The van der Waals surface area contributed by atoms with E-state index in [1.54, 1.807) is 6.07 Å². The first-order valence-corrected chi connectivity index (χ1v) is 7.29. The van der Waals surface area contributed by atoms with Gasteiger partial charge < -0.3 is 15.6 Å². The molecule has 0 aliphatic carbocycles. The largest absolute Gasteiger partial charge is 0.338 e. The van der Waals surface area contributed by atoms with Crippen molar-refractivity contribution in [1.82, 2.24) is 9.88 Å². The number of pyridine rings is 1. The number of carbonyl (C=O) groups excluding carboxylic acids is 1. The number of H-pyrrole nitrogens is 1. The number of nitrogens with zero attached hydrogens (tertiary/aromatic N) is 1. The van der Waals surface area contributed by atoms with Gasteiger partial charge in [-0.2, -0.15) is 0 Å². The van der Waals surface area contributed by atoms with Gasteiger partial charge in [0.25, 0.3) is 5.56 Å². The molecule has 1 aromatic heterocycles. The monoisotopic (exact) mass is 285 g/mol. The summed E-state index contributed by atoms with van der Waals surface area (Å²) in [5.74, 6) is -0.0104. The van der Waals surface area contributed by atoms with Crippen LogP contribution in [0.25, 0.3) is 10.9 Å². The van der Waals surface area contributed by atoms with E-state index in [2.05, 4.69) is 4.98 Å². The summed E-state index contributed by atoms with van der Waals surface area (Å²) < 4.78 is 0. The van der Waals surface area contributed by atoms with Crippen LogP contribution >= 0.6 is 0 Å². The van der Waals surface area contributed by atoms with E-state index in [1.807, 2.05) is 29.2 Å². The molecule has 1 aliphatic rings. The summed E-state index contributed by atoms with van der Waals surface area (Å²) in [5, 5.41) is 0.941. The van der Waals surface area contributed by atoms with Crippen molar-refractivity contribution in [3.8, 4) is 0 Å². The molecule has 21 heavy (non-hydrogen) atoms. The molecule has 0 unspecified atom stereocenters. The van der Waals surface area contributed by atoms with E-state index in [9.17, 15) is 9.59 Å². The number of rotatable bonds is 3. The van der Waals surface area contributed by atoms with Crippen LogP contribution in [-0.4, -0.2) is 34.9 Å². The lowest BCUT2D eigenvalue weighted by atomic mass is 10.1. The zero-order chi connectivity index (χ0) is 14.8. The number of aromatic nitrogens is 1. The van der Waals surface area contributed by atoms with Crippen LogP contribution in [0.4, 0.5) is 0 Å². The molecule has 0 saturated carbocycles. The van der Waals surface area contributed by atoms with E-state index in [-0.39, 0.29) is 23.9 Å². The van der Waals surface area contributed by atoms with Crippen molar-refractivity contribution in [3.05, 3.63) is 46.2 Å². The zero-order valence-corrected chi connectivity index (χ0v) is 11.8. The number of nitrogens with two attached hydrogens (primary N) is 1. The first kappa shape index (κ1) is 13.8. The van der Waals surface area contributed by atoms with Crippen LogP contribution in [0.5, 0.6) is 0 Å². The number of hydrogen-bond donors (Lipinski definition) is 2. The highest BCUT2D eigenvalue weighted by molar-refractivity contribution is 5.83. The molecule has 1 aromatic carbocycles. The minimum absolute atomic E-state index is 0.0104. The van der Waals surface area contributed by atoms with Crippen LogP contribution in [0.3, 0.4) is 0 Å². The van der Waals surface area contributed by atoms with Gasteiger partial charge in [-0.05, 0) is 30.4 Å². The van der Waals surface area contributed by atoms with Crippen LogP contribution in [0.1, 0.15) is 18.4 Å². The minimum atomic E-state index is -0.189. The molecule has 2 aromatic rings. The van der Waals surface area contributed by atoms with Crippen molar-refractivity contribution >= 4 is 16.8 Å². The van der Waals surface area contributed by atoms with Gasteiger partial charge in [-0.1, -0.05) is 18.2 Å². The molecule has 1 aliphatic heterocycles. The Morgan fingerprint density at radius 3 is 3.00 bits per heavy atom. The summed E-state index contributed by atoms with van der Waals surface area (Å²) in [6.45, 7) is 1.23. The molecular formula is C16H19N3O2. The van der Waals surface area contributed by atoms with Crippen LogP contribution in [0.2, 0.25) is 0 Å². The maximum absolute atomic E-state index is 12.4. The molecule has 1 saturated heterocycles. The number of fused-ring (bicyclic) bond motifs is 1. The highest BCUT2D eigenvalue weighted by atomic mass is 16.2. The summed E-state index contributed by atoms with van der Waals surface area (Å²) in [7, 11) is 0. The predicted octanol–water partition coefficient (Wildman–Crippen LogP) is 1.02. The van der Waals surface area contributed by atoms with Crippen molar-refractivity contribution in [2.45, 2.75) is 25.3 Å². The second kappa shape index (κ2) is 5.69. The molecule has 1 fully saturated rings. The molecular weight excluding hydrogens is 266 g/mol. The Kier molecular flexibility index (Phi) is 3.75. The standard InChI is InChI=1S/C16H19N3O2/c17-10-13-5-3-7-19(13)15(20)9-12-8-11-4-1-2-6-14(11)18-16(12)21/h1-2,4,6,8,13H,3,5,7,9-10,17H2,(H,18,21)/t13-/m0/s1. The first-order chi connectivity index (χ1) is 10.2. The smallest absolute Gasteiger partial charge is 0.252 e. The average Bonchev–Trinajstić information content (AvgIpc) is 2.96. The zero-order valence-electron chi connectivity index (χ0n) is 11.8. The molecule has 3 rings (SSSR count). The van der Waals surface area contributed by atoms with Gasteiger partial charge in [-0.15, -0.1) is 0 Å². The number of aromatic amines is 1. The van der Waals surface area contributed by atoms with Gasteiger partial charge in [0.2, 0.25) is 5.91 Å². The molecule has 3 N–H and O–H groups in total. The van der Waals surface area contributed by atoms with Gasteiger partial charge in [-0.25, -0.2) is 0 Å². The Labute approximate surface area is 122 Å². The van der Waals surface area contributed by atoms with Crippen molar-refractivity contribution in [2.75, 3.05) is 13.1 Å². The molecule has 1 amide bonds. The number of carbonyl (C=O) groups is 1. The third kappa shape index (κ3) is 2.69. The number of amides is 1. The Balaban J connectivity index is 1.86. The molecule has 2 heterocycles. The van der Waals surface area contributed by atoms with Crippen LogP contribution < -0.4 is 11.3 Å². The highest BCUT2D eigenvalue weighted by Gasteiger charge is 2.27. The van der Waals surface area contributed by atoms with Crippen molar-refractivity contribution in [3.63, 3.8) is 0 Å². The number of benzene rings is 1. The fourth-order valence-electron chi connectivity index (χ4n) is 3.00. The molecule has 5 heteroatoms. The molecule has 110 valence electrons. The quantitative estimate of drug-likeness (QED) is 0.883. The lowest BCUT2D eigenvalue weighted by Gasteiger charge is -2.23. The molecule has 5 nitrogen and oxygen atoms in total. The minimum Gasteiger partial charge on any atom is -0.338 e. The van der Waals surface area contributed by atoms with E-state index >= 15 is 0 Å². The topological polar surface area (TPSA) is 79.2 Å². The lowest BCUT2D eigenvalue weighted by Crippen LogP contribution is -2.41. The number of para-hydroxylation sites is 1. The molecule has 0 bridgehead atoms. The highest BCUT2D eigenvalue weighted by Crippen LogP contribution is 2.18. The van der Waals surface area contributed by atoms with Gasteiger partial charge in [0.05, 0.1) is 6.42 Å². The van der Waals surface area contributed by atoms with Gasteiger partial charge in [0.1, 0.15) is 0 Å². The molecule has 0 radical (unpaired) electrons. The Morgan fingerprint density at radius 2 is 2.19 bits per heavy atom. The summed E-state index contributed by atoms with van der Waals surface area (Å²) in [6, 6.07) is 9.50. The summed E-state index contributed by atoms with van der Waals surface area (Å²) in [5.41, 5.74) is 6.82. The first-order valence-electron chi connectivity index (χ1n) is 7.29. The van der Waals surface area contributed by atoms with Crippen molar-refractivity contribution in [1.29, 1.82) is 0 Å². The normalized spacial score (nSPS) is 18.3. The Morgan fingerprint density at radius 1 is 1.38 bits per heavy atom. The van der Waals surface area contributed by atoms with Gasteiger partial charge in [0.15, 0.2) is 0 Å². The van der Waals surface area contributed by atoms with Crippen LogP contribution in [-0.2, 0) is 11.2 Å². The number of hydrogen-bond acceptors (Lipinski definition) is 3. The van der Waals surface area contributed by atoms with E-state index < -0.39 is 0 Å². The second-order valence-electron chi connectivity index (χ2n) is 5.51. The predicted molar refractivity (Wildman–Crippen MR) is 82.1 cm³/mol. The third-order valence-electron chi connectivity index (χ3n) is 4.14. The molecule has 0 spiro atoms. The van der Waals surface area contributed by atoms with Crippen molar-refractivity contribution < 1.29 is 4.79 Å². The van der Waals surface area contributed by atoms with E-state index in [0.29, 0.717) is 12.1 Å². The lowest BCUT2D eigenvalue weighted by molar-refractivity contribution is -0.131. The SMILES string of the molecule is NC[C@@H]1CCCN1C(=O)Cc1cc2ccccc2[nH]c1=O. The Bertz CT molecular complexity index is 723. The summed E-state index contributed by atoms with van der Waals surface area (Å²) in [4.78, 5) is 29.1.